The van der Waals surface area contributed by atoms with Gasteiger partial charge in [0.15, 0.2) is 5.43 Å². The molecule has 0 aliphatic rings. The summed E-state index contributed by atoms with van der Waals surface area (Å²) in [5, 5.41) is 1.54. The standard InChI is InChI=1S/C19H22O2S/c1-4-7-12-21-14-10-11-16-18(13-14)22-17(9-6-3)15(8-5-2)19(16)20/h6,8-11,13H,3-5,7,12H2,1-2H3/b15-8+,17-9+. The first-order valence-corrected chi connectivity index (χ1v) is 8.55. The molecule has 1 heterocycles. The number of allylic oxidation sites excluding steroid dienone is 1. The number of ether oxygens (including phenoxy) is 1. The Morgan fingerprint density at radius 1 is 1.32 bits per heavy atom. The number of benzene rings is 1. The average molecular weight is 314 g/mol. The summed E-state index contributed by atoms with van der Waals surface area (Å²) in [4.78, 5) is 12.7. The highest BCUT2D eigenvalue weighted by Crippen LogP contribution is 2.20. The smallest absolute Gasteiger partial charge is 0.195 e. The van der Waals surface area contributed by atoms with Crippen molar-refractivity contribution < 1.29 is 4.74 Å². The van der Waals surface area contributed by atoms with E-state index in [1.807, 2.05) is 37.3 Å². The Kier molecular flexibility index (Phi) is 5.96. The van der Waals surface area contributed by atoms with Gasteiger partial charge < -0.3 is 4.74 Å². The van der Waals surface area contributed by atoms with Crippen molar-refractivity contribution in [2.45, 2.75) is 33.1 Å². The van der Waals surface area contributed by atoms with Crippen LogP contribution >= 0.6 is 11.3 Å². The molecule has 2 aromatic rings. The molecule has 2 rings (SSSR count). The molecule has 0 radical (unpaired) electrons. The predicted octanol–water partition coefficient (Wildman–Crippen LogP) is 3.60. The van der Waals surface area contributed by atoms with Crippen LogP contribution in [0.25, 0.3) is 22.2 Å². The molecule has 0 saturated heterocycles. The van der Waals surface area contributed by atoms with Gasteiger partial charge in [0.25, 0.3) is 0 Å². The maximum Gasteiger partial charge on any atom is 0.195 e. The van der Waals surface area contributed by atoms with Crippen molar-refractivity contribution in [3.8, 4) is 5.75 Å². The Labute approximate surface area is 135 Å². The molecule has 2 nitrogen and oxygen atoms in total. The molecule has 0 spiro atoms. The van der Waals surface area contributed by atoms with Crippen LogP contribution in [-0.4, -0.2) is 6.61 Å². The van der Waals surface area contributed by atoms with E-state index in [0.717, 1.165) is 44.8 Å². The Bertz CT molecular complexity index is 831. The maximum atomic E-state index is 12.7. The molecule has 0 fully saturated rings. The van der Waals surface area contributed by atoms with E-state index >= 15 is 0 Å². The van der Waals surface area contributed by atoms with Gasteiger partial charge in [-0.3, -0.25) is 4.79 Å². The van der Waals surface area contributed by atoms with E-state index in [1.165, 1.54) is 0 Å². The Morgan fingerprint density at radius 2 is 2.14 bits per heavy atom. The van der Waals surface area contributed by atoms with Gasteiger partial charge in [0.2, 0.25) is 0 Å². The van der Waals surface area contributed by atoms with Crippen LogP contribution in [0.3, 0.4) is 0 Å². The van der Waals surface area contributed by atoms with Crippen molar-refractivity contribution in [2.24, 2.45) is 0 Å². The molecule has 116 valence electrons. The number of fused-ring (bicyclic) bond motifs is 1. The van der Waals surface area contributed by atoms with Crippen LogP contribution in [0.1, 0.15) is 33.1 Å². The molecule has 0 bridgehead atoms. The van der Waals surface area contributed by atoms with Crippen molar-refractivity contribution in [3.05, 3.63) is 50.8 Å². The fourth-order valence-corrected chi connectivity index (χ4v) is 3.39. The highest BCUT2D eigenvalue weighted by molar-refractivity contribution is 7.16. The molecular weight excluding hydrogens is 292 g/mol. The lowest BCUT2D eigenvalue weighted by Crippen LogP contribution is -2.37. The van der Waals surface area contributed by atoms with Gasteiger partial charge in [-0.1, -0.05) is 39.0 Å². The Balaban J connectivity index is 2.62. The van der Waals surface area contributed by atoms with Gasteiger partial charge in [0, 0.05) is 19.8 Å². The van der Waals surface area contributed by atoms with Crippen LogP contribution < -0.4 is 19.9 Å². The summed E-state index contributed by atoms with van der Waals surface area (Å²) in [5.41, 5.74) is 0.0869. The summed E-state index contributed by atoms with van der Waals surface area (Å²) in [6, 6.07) is 5.73. The lowest BCUT2D eigenvalue weighted by molar-refractivity contribution is 0.310. The number of unbranched alkanes of at least 4 members (excludes halogenated alkanes) is 1. The molecule has 0 aliphatic heterocycles. The molecule has 22 heavy (non-hydrogen) atoms. The van der Waals surface area contributed by atoms with Crippen LogP contribution in [-0.2, 0) is 0 Å². The third-order valence-corrected chi connectivity index (χ3v) is 4.51. The van der Waals surface area contributed by atoms with Crippen LogP contribution in [0.15, 0.2) is 35.6 Å². The van der Waals surface area contributed by atoms with Crippen LogP contribution in [0.2, 0.25) is 0 Å². The second kappa shape index (κ2) is 7.95. The van der Waals surface area contributed by atoms with Crippen molar-refractivity contribution >= 4 is 33.6 Å². The molecule has 0 amide bonds. The van der Waals surface area contributed by atoms with E-state index in [4.69, 9.17) is 4.74 Å². The van der Waals surface area contributed by atoms with Gasteiger partial charge in [-0.15, -0.1) is 11.3 Å². The molecule has 0 saturated carbocycles. The third-order valence-electron chi connectivity index (χ3n) is 3.37. The van der Waals surface area contributed by atoms with Crippen molar-refractivity contribution in [1.82, 2.24) is 0 Å². The van der Waals surface area contributed by atoms with Gasteiger partial charge in [0.1, 0.15) is 5.75 Å². The minimum Gasteiger partial charge on any atom is -0.494 e. The highest BCUT2D eigenvalue weighted by atomic mass is 32.1. The molecule has 0 N–H and O–H groups in total. The monoisotopic (exact) mass is 314 g/mol. The molecule has 1 aromatic heterocycles. The quantitative estimate of drug-likeness (QED) is 0.762. The summed E-state index contributed by atoms with van der Waals surface area (Å²) < 4.78 is 7.66. The van der Waals surface area contributed by atoms with E-state index in [1.54, 1.807) is 17.4 Å². The second-order valence-electron chi connectivity index (χ2n) is 5.08. The zero-order chi connectivity index (χ0) is 15.9. The summed E-state index contributed by atoms with van der Waals surface area (Å²) in [7, 11) is 0. The van der Waals surface area contributed by atoms with E-state index in [0.29, 0.717) is 6.61 Å². The molecule has 0 aliphatic carbocycles. The van der Waals surface area contributed by atoms with E-state index in [-0.39, 0.29) is 5.43 Å². The summed E-state index contributed by atoms with van der Waals surface area (Å²) in [6.07, 6.45) is 8.59. The SMILES string of the molecule is C=C/C=c1/sc2cc(OCCCC)ccc2c(=O)/c1=C/CC. The van der Waals surface area contributed by atoms with Gasteiger partial charge in [-0.2, -0.15) is 0 Å². The second-order valence-corrected chi connectivity index (χ2v) is 6.17. The third kappa shape index (κ3) is 3.66. The van der Waals surface area contributed by atoms with Gasteiger partial charge >= 0.3 is 0 Å². The lowest BCUT2D eigenvalue weighted by atomic mass is 10.2. The van der Waals surface area contributed by atoms with E-state index in [2.05, 4.69) is 13.5 Å². The number of hydrogen-bond donors (Lipinski definition) is 0. The average Bonchev–Trinajstić information content (AvgIpc) is 2.51. The van der Waals surface area contributed by atoms with Gasteiger partial charge in [-0.05, 0) is 37.1 Å². The van der Waals surface area contributed by atoms with Gasteiger partial charge in [-0.25, -0.2) is 0 Å². The van der Waals surface area contributed by atoms with Crippen molar-refractivity contribution in [1.29, 1.82) is 0 Å². The zero-order valence-corrected chi connectivity index (χ0v) is 14.0. The summed E-state index contributed by atoms with van der Waals surface area (Å²) in [5.74, 6) is 0.827. The maximum absolute atomic E-state index is 12.7. The van der Waals surface area contributed by atoms with Crippen LogP contribution in [0, 0.1) is 0 Å². The van der Waals surface area contributed by atoms with Crippen molar-refractivity contribution in [3.63, 3.8) is 0 Å². The topological polar surface area (TPSA) is 26.3 Å². The van der Waals surface area contributed by atoms with E-state index < -0.39 is 0 Å². The van der Waals surface area contributed by atoms with Crippen LogP contribution in [0.5, 0.6) is 5.75 Å². The Morgan fingerprint density at radius 3 is 2.82 bits per heavy atom. The number of hydrogen-bond acceptors (Lipinski definition) is 3. The fraction of sp³-hybridized carbons (Fsp3) is 0.316. The molecular formula is C19H22O2S. The summed E-state index contributed by atoms with van der Waals surface area (Å²) >= 11 is 1.61. The molecule has 0 atom stereocenters. The van der Waals surface area contributed by atoms with Crippen molar-refractivity contribution in [2.75, 3.05) is 6.61 Å². The Hall–Kier alpha value is -1.87. The summed E-state index contributed by atoms with van der Waals surface area (Å²) in [6.45, 7) is 8.63. The molecule has 0 unspecified atom stereocenters. The normalized spacial score (nSPS) is 12.8. The fourth-order valence-electron chi connectivity index (χ4n) is 2.26. The van der Waals surface area contributed by atoms with Gasteiger partial charge in [0.05, 0.1) is 6.61 Å². The lowest BCUT2D eigenvalue weighted by Gasteiger charge is -2.06. The minimum absolute atomic E-state index is 0.0869. The predicted molar refractivity (Wildman–Crippen MR) is 97.2 cm³/mol. The highest BCUT2D eigenvalue weighted by Gasteiger charge is 2.04. The largest absolute Gasteiger partial charge is 0.494 e. The number of rotatable bonds is 6. The zero-order valence-electron chi connectivity index (χ0n) is 13.2. The first-order chi connectivity index (χ1) is 10.7. The first kappa shape index (κ1) is 16.5. The molecule has 3 heteroatoms. The minimum atomic E-state index is 0.0869. The first-order valence-electron chi connectivity index (χ1n) is 7.73. The van der Waals surface area contributed by atoms with E-state index in [9.17, 15) is 4.79 Å². The van der Waals surface area contributed by atoms with Crippen LogP contribution in [0.4, 0.5) is 0 Å². The molecule has 1 aromatic carbocycles.